The summed E-state index contributed by atoms with van der Waals surface area (Å²) in [4.78, 5) is 29.8. The molecule has 9 heteroatoms. The zero-order valence-electron chi connectivity index (χ0n) is 17.3. The molecule has 0 unspecified atom stereocenters. The highest BCUT2D eigenvalue weighted by atomic mass is 16.2. The predicted molar refractivity (Wildman–Crippen MR) is 116 cm³/mol. The quantitative estimate of drug-likeness (QED) is 0.600. The molecule has 2 amide bonds. The number of primary amides is 1. The zero-order chi connectivity index (χ0) is 21.7. The lowest BCUT2D eigenvalue weighted by Gasteiger charge is -2.32. The minimum Gasteiger partial charge on any atom is -0.364 e. The lowest BCUT2D eigenvalue weighted by Crippen LogP contribution is -2.44. The molecule has 3 rings (SSSR count). The number of rotatable bonds is 7. The fraction of sp³-hybridized carbons (Fsp3) is 0.381. The highest BCUT2D eigenvalue weighted by molar-refractivity contribution is 5.96. The van der Waals surface area contributed by atoms with Gasteiger partial charge in [0.05, 0.1) is 0 Å². The van der Waals surface area contributed by atoms with Gasteiger partial charge in [0.2, 0.25) is 11.9 Å². The van der Waals surface area contributed by atoms with Gasteiger partial charge in [0.15, 0.2) is 11.5 Å². The average molecular weight is 409 g/mol. The van der Waals surface area contributed by atoms with Crippen molar-refractivity contribution in [2.75, 3.05) is 23.7 Å². The number of nitrogens with two attached hydrogens (primary N) is 1. The lowest BCUT2D eigenvalue weighted by molar-refractivity contribution is -0.127. The van der Waals surface area contributed by atoms with E-state index in [1.165, 1.54) is 11.6 Å². The number of anilines is 3. The Hall–Kier alpha value is -3.49. The molecule has 2 aromatic rings. The third-order valence-electron chi connectivity index (χ3n) is 5.00. The maximum atomic E-state index is 11.9. The van der Waals surface area contributed by atoms with Crippen molar-refractivity contribution >= 4 is 29.3 Å². The molecular weight excluding hydrogens is 382 g/mol. The van der Waals surface area contributed by atoms with Gasteiger partial charge in [-0.15, -0.1) is 10.2 Å². The number of benzene rings is 1. The SMILES string of the molecule is C=CC(=O)N1CCC[C@H](Nc2nnc(C(N)=O)c(Nc3ccc(C(C)C)cc3)n2)C1. The van der Waals surface area contributed by atoms with Crippen LogP contribution in [0.2, 0.25) is 0 Å². The Morgan fingerprint density at radius 1 is 1.27 bits per heavy atom. The van der Waals surface area contributed by atoms with Crippen molar-refractivity contribution in [1.29, 1.82) is 0 Å². The molecular formula is C21H27N7O2. The summed E-state index contributed by atoms with van der Waals surface area (Å²) in [5, 5.41) is 14.2. The number of likely N-dealkylation sites (tertiary alicyclic amines) is 1. The summed E-state index contributed by atoms with van der Waals surface area (Å²) in [6.45, 7) is 8.99. The van der Waals surface area contributed by atoms with Gasteiger partial charge in [-0.25, -0.2) is 0 Å². The summed E-state index contributed by atoms with van der Waals surface area (Å²) >= 11 is 0. The van der Waals surface area contributed by atoms with E-state index in [2.05, 4.69) is 46.2 Å². The minimum atomic E-state index is -0.719. The van der Waals surface area contributed by atoms with E-state index in [0.717, 1.165) is 18.5 Å². The van der Waals surface area contributed by atoms with Crippen LogP contribution in [0, 0.1) is 0 Å². The molecule has 0 bridgehead atoms. The number of nitrogens with one attached hydrogen (secondary N) is 2. The van der Waals surface area contributed by atoms with Crippen molar-refractivity contribution in [3.05, 3.63) is 48.2 Å². The third-order valence-corrected chi connectivity index (χ3v) is 5.00. The molecule has 0 spiro atoms. The van der Waals surface area contributed by atoms with E-state index in [1.54, 1.807) is 4.90 Å². The number of hydrogen-bond donors (Lipinski definition) is 3. The Morgan fingerprint density at radius 3 is 2.63 bits per heavy atom. The van der Waals surface area contributed by atoms with E-state index in [0.29, 0.717) is 19.0 Å². The molecule has 2 heterocycles. The first kappa shape index (κ1) is 21.2. The first-order valence-electron chi connectivity index (χ1n) is 9.96. The second kappa shape index (κ2) is 9.34. The van der Waals surface area contributed by atoms with E-state index in [-0.39, 0.29) is 29.4 Å². The molecule has 1 aromatic carbocycles. The third kappa shape index (κ3) is 5.11. The Morgan fingerprint density at radius 2 is 2.00 bits per heavy atom. The van der Waals surface area contributed by atoms with Gasteiger partial charge in [-0.1, -0.05) is 32.6 Å². The molecule has 1 aromatic heterocycles. The van der Waals surface area contributed by atoms with Crippen LogP contribution in [0.15, 0.2) is 36.9 Å². The van der Waals surface area contributed by atoms with E-state index in [9.17, 15) is 9.59 Å². The van der Waals surface area contributed by atoms with Crippen LogP contribution in [0.1, 0.15) is 48.7 Å². The van der Waals surface area contributed by atoms with Gasteiger partial charge in [-0.2, -0.15) is 4.98 Å². The van der Waals surface area contributed by atoms with Crippen LogP contribution in [-0.4, -0.2) is 51.0 Å². The molecule has 0 aliphatic carbocycles. The van der Waals surface area contributed by atoms with Gasteiger partial charge in [0.25, 0.3) is 5.91 Å². The Bertz CT molecular complexity index is 927. The summed E-state index contributed by atoms with van der Waals surface area (Å²) in [5.41, 5.74) is 7.36. The normalized spacial score (nSPS) is 16.2. The summed E-state index contributed by atoms with van der Waals surface area (Å²) in [6.07, 6.45) is 3.04. The fourth-order valence-electron chi connectivity index (χ4n) is 3.34. The molecule has 0 saturated carbocycles. The monoisotopic (exact) mass is 409 g/mol. The van der Waals surface area contributed by atoms with E-state index >= 15 is 0 Å². The Balaban J connectivity index is 1.78. The van der Waals surface area contributed by atoms with Gasteiger partial charge in [-0.3, -0.25) is 9.59 Å². The molecule has 1 saturated heterocycles. The van der Waals surface area contributed by atoms with Gasteiger partial charge < -0.3 is 21.3 Å². The number of piperidine rings is 1. The minimum absolute atomic E-state index is 0.0259. The number of aromatic nitrogens is 3. The zero-order valence-corrected chi connectivity index (χ0v) is 17.3. The molecule has 4 N–H and O–H groups in total. The molecule has 9 nitrogen and oxygen atoms in total. The van der Waals surface area contributed by atoms with E-state index in [4.69, 9.17) is 5.73 Å². The molecule has 1 aliphatic heterocycles. The summed E-state index contributed by atoms with van der Waals surface area (Å²) in [7, 11) is 0. The van der Waals surface area contributed by atoms with E-state index < -0.39 is 5.91 Å². The van der Waals surface area contributed by atoms with Crippen molar-refractivity contribution < 1.29 is 9.59 Å². The highest BCUT2D eigenvalue weighted by Gasteiger charge is 2.23. The summed E-state index contributed by atoms with van der Waals surface area (Å²) < 4.78 is 0. The van der Waals surface area contributed by atoms with Crippen molar-refractivity contribution in [1.82, 2.24) is 20.1 Å². The number of carbonyl (C=O) groups is 2. The van der Waals surface area contributed by atoms with Gasteiger partial charge in [-0.05, 0) is 42.5 Å². The van der Waals surface area contributed by atoms with Crippen LogP contribution in [-0.2, 0) is 4.79 Å². The van der Waals surface area contributed by atoms with Crippen LogP contribution in [0.4, 0.5) is 17.5 Å². The Labute approximate surface area is 175 Å². The van der Waals surface area contributed by atoms with E-state index in [1.807, 2.05) is 24.3 Å². The second-order valence-electron chi connectivity index (χ2n) is 7.57. The number of carbonyl (C=O) groups excluding carboxylic acids is 2. The smallest absolute Gasteiger partial charge is 0.273 e. The summed E-state index contributed by atoms with van der Waals surface area (Å²) in [5.74, 6) is 0.0891. The van der Waals surface area contributed by atoms with Crippen LogP contribution >= 0.6 is 0 Å². The van der Waals surface area contributed by atoms with Crippen LogP contribution in [0.5, 0.6) is 0 Å². The largest absolute Gasteiger partial charge is 0.364 e. The average Bonchev–Trinajstić information content (AvgIpc) is 2.73. The van der Waals surface area contributed by atoms with Crippen LogP contribution < -0.4 is 16.4 Å². The Kier molecular flexibility index (Phi) is 6.61. The maximum absolute atomic E-state index is 11.9. The molecule has 1 atom stereocenters. The topological polar surface area (TPSA) is 126 Å². The summed E-state index contributed by atoms with van der Waals surface area (Å²) in [6, 6.07) is 7.82. The van der Waals surface area contributed by atoms with Crippen molar-refractivity contribution in [2.45, 2.75) is 38.6 Å². The van der Waals surface area contributed by atoms with Gasteiger partial charge in [0, 0.05) is 24.8 Å². The lowest BCUT2D eigenvalue weighted by atomic mass is 10.0. The standard InChI is InChI=1S/C21H27N7O2/c1-4-17(29)28-11-5-6-16(12-28)24-21-25-20(18(19(22)30)26-27-21)23-15-9-7-14(8-10-15)13(2)3/h4,7-10,13,16H,1,5-6,11-12H2,2-3H3,(H2,22,30)(H2,23,24,25,27)/t16-/m0/s1. The van der Waals surface area contributed by atoms with Crippen molar-refractivity contribution in [2.24, 2.45) is 5.73 Å². The van der Waals surface area contributed by atoms with Gasteiger partial charge >= 0.3 is 0 Å². The van der Waals surface area contributed by atoms with Crippen molar-refractivity contribution in [3.8, 4) is 0 Å². The second-order valence-corrected chi connectivity index (χ2v) is 7.57. The number of hydrogen-bond acceptors (Lipinski definition) is 7. The van der Waals surface area contributed by atoms with Gasteiger partial charge in [0.1, 0.15) is 0 Å². The first-order chi connectivity index (χ1) is 14.4. The number of amides is 2. The van der Waals surface area contributed by atoms with Crippen molar-refractivity contribution in [3.63, 3.8) is 0 Å². The predicted octanol–water partition coefficient (Wildman–Crippen LogP) is 2.43. The maximum Gasteiger partial charge on any atom is 0.273 e. The molecule has 1 fully saturated rings. The first-order valence-corrected chi connectivity index (χ1v) is 9.96. The van der Waals surface area contributed by atoms with Crippen LogP contribution in [0.25, 0.3) is 0 Å². The fourth-order valence-corrected chi connectivity index (χ4v) is 3.34. The molecule has 158 valence electrons. The number of nitrogens with zero attached hydrogens (tertiary/aromatic N) is 4. The molecule has 30 heavy (non-hydrogen) atoms. The highest BCUT2D eigenvalue weighted by Crippen LogP contribution is 2.22. The van der Waals surface area contributed by atoms with Crippen LogP contribution in [0.3, 0.4) is 0 Å². The molecule has 0 radical (unpaired) electrons. The molecule has 1 aliphatic rings.